The number of hydrogen-bond donors (Lipinski definition) is 3. The van der Waals surface area contributed by atoms with Gasteiger partial charge in [-0.1, -0.05) is 65.8 Å². The van der Waals surface area contributed by atoms with Gasteiger partial charge in [-0.15, -0.1) is 0 Å². The molecule has 6 nitrogen and oxygen atoms in total. The van der Waals surface area contributed by atoms with Gasteiger partial charge in [-0.25, -0.2) is 9.59 Å². The van der Waals surface area contributed by atoms with Gasteiger partial charge < -0.3 is 20.8 Å². The van der Waals surface area contributed by atoms with Gasteiger partial charge in [0.1, 0.15) is 0 Å². The monoisotopic (exact) mass is 496 g/mol. The Morgan fingerprint density at radius 1 is 0.912 bits per heavy atom. The third-order valence-corrected chi connectivity index (χ3v) is 6.39. The number of nitrogens with two attached hydrogens (primary N) is 1. The first-order valence-corrected chi connectivity index (χ1v) is 11.8. The third-order valence-electron chi connectivity index (χ3n) is 5.02. The highest BCUT2D eigenvalue weighted by atomic mass is 35.5. The number of rotatable bonds is 7. The Morgan fingerprint density at radius 2 is 1.53 bits per heavy atom. The minimum Gasteiger partial charge on any atom is -0.478 e. The van der Waals surface area contributed by atoms with E-state index in [1.165, 1.54) is 26.7 Å². The molecule has 4 rings (SSSR count). The van der Waals surface area contributed by atoms with E-state index in [-0.39, 0.29) is 6.04 Å². The second-order valence-electron chi connectivity index (χ2n) is 7.58. The number of fused-ring (bicyclic) bond motifs is 2. The fourth-order valence-corrected chi connectivity index (χ4v) is 4.74. The smallest absolute Gasteiger partial charge is 0.328 e. The third kappa shape index (κ3) is 7.38. The Hall–Kier alpha value is -3.26. The molecule has 34 heavy (non-hydrogen) atoms. The van der Waals surface area contributed by atoms with Crippen molar-refractivity contribution in [1.29, 1.82) is 0 Å². The Kier molecular flexibility index (Phi) is 9.16. The average molecular weight is 497 g/mol. The van der Waals surface area contributed by atoms with Crippen LogP contribution in [0.1, 0.15) is 12.0 Å². The fraction of sp³-hybridized carbons (Fsp3) is 0.154. The number of hydrogen-bond acceptors (Lipinski definition) is 5. The van der Waals surface area contributed by atoms with Crippen molar-refractivity contribution in [2.24, 2.45) is 5.73 Å². The Bertz CT molecular complexity index is 1150. The number of aliphatic carboxylic acids is 2. The molecule has 1 heterocycles. The van der Waals surface area contributed by atoms with Gasteiger partial charge >= 0.3 is 11.9 Å². The predicted molar refractivity (Wildman–Crippen MR) is 136 cm³/mol. The molecular weight excluding hydrogens is 472 g/mol. The van der Waals surface area contributed by atoms with Gasteiger partial charge in [0.15, 0.2) is 0 Å². The summed E-state index contributed by atoms with van der Waals surface area (Å²) in [7, 11) is 0. The zero-order chi connectivity index (χ0) is 24.5. The van der Waals surface area contributed by atoms with Crippen molar-refractivity contribution in [2.45, 2.75) is 28.7 Å². The number of nitrogens with zero attached hydrogens (tertiary/aromatic N) is 1. The van der Waals surface area contributed by atoms with Gasteiger partial charge in [0.25, 0.3) is 0 Å². The van der Waals surface area contributed by atoms with Crippen molar-refractivity contribution in [3.05, 3.63) is 95.5 Å². The summed E-state index contributed by atoms with van der Waals surface area (Å²) in [5, 5.41) is 16.4. The van der Waals surface area contributed by atoms with E-state index in [9.17, 15) is 9.59 Å². The lowest BCUT2D eigenvalue weighted by atomic mass is 10.0. The maximum absolute atomic E-state index is 9.55. The van der Waals surface area contributed by atoms with Crippen LogP contribution in [0.4, 0.5) is 11.4 Å². The minimum atomic E-state index is -1.26. The molecular formula is C26H25ClN2O4S. The first kappa shape index (κ1) is 25.4. The number of para-hydroxylation sites is 1. The van der Waals surface area contributed by atoms with Gasteiger partial charge in [0, 0.05) is 39.6 Å². The van der Waals surface area contributed by atoms with E-state index in [1.807, 2.05) is 12.1 Å². The molecule has 0 bridgehead atoms. The molecule has 0 spiro atoms. The molecule has 0 amide bonds. The summed E-state index contributed by atoms with van der Waals surface area (Å²) in [5.41, 5.74) is 10.1. The van der Waals surface area contributed by atoms with Gasteiger partial charge in [-0.2, -0.15) is 0 Å². The summed E-state index contributed by atoms with van der Waals surface area (Å²) >= 11 is 8.08. The van der Waals surface area contributed by atoms with E-state index in [1.54, 1.807) is 11.8 Å². The van der Waals surface area contributed by atoms with Crippen LogP contribution < -0.4 is 10.6 Å². The molecule has 0 fully saturated rings. The summed E-state index contributed by atoms with van der Waals surface area (Å²) in [4.78, 5) is 24.0. The molecule has 1 aliphatic rings. The van der Waals surface area contributed by atoms with Crippen molar-refractivity contribution < 1.29 is 19.8 Å². The van der Waals surface area contributed by atoms with Crippen LogP contribution in [0.2, 0.25) is 5.02 Å². The topological polar surface area (TPSA) is 104 Å². The van der Waals surface area contributed by atoms with Crippen molar-refractivity contribution >= 4 is 46.7 Å². The highest BCUT2D eigenvalue weighted by molar-refractivity contribution is 7.99. The number of carbonyl (C=O) groups is 2. The van der Waals surface area contributed by atoms with Crippen LogP contribution in [0, 0.1) is 0 Å². The molecule has 1 aliphatic heterocycles. The van der Waals surface area contributed by atoms with Crippen LogP contribution in [0.15, 0.2) is 94.7 Å². The van der Waals surface area contributed by atoms with Crippen molar-refractivity contribution in [2.75, 3.05) is 11.4 Å². The van der Waals surface area contributed by atoms with E-state index in [2.05, 4.69) is 65.6 Å². The summed E-state index contributed by atoms with van der Waals surface area (Å²) in [6, 6.07) is 25.2. The van der Waals surface area contributed by atoms with Crippen molar-refractivity contribution in [3.63, 3.8) is 0 Å². The van der Waals surface area contributed by atoms with E-state index in [4.69, 9.17) is 27.5 Å². The van der Waals surface area contributed by atoms with Gasteiger partial charge in [-0.05, 0) is 48.7 Å². The van der Waals surface area contributed by atoms with Crippen LogP contribution in [-0.4, -0.2) is 34.7 Å². The highest BCUT2D eigenvalue weighted by Gasteiger charge is 2.23. The first-order chi connectivity index (χ1) is 16.3. The second-order valence-corrected chi connectivity index (χ2v) is 9.10. The Morgan fingerprint density at radius 3 is 2.21 bits per heavy atom. The normalized spacial score (nSPS) is 12.8. The second kappa shape index (κ2) is 12.3. The first-order valence-electron chi connectivity index (χ1n) is 10.6. The lowest BCUT2D eigenvalue weighted by Crippen LogP contribution is -2.30. The SMILES string of the molecule is NC(CCN1c2ccccc2Sc2ccc(Cl)cc21)Cc1ccccc1.O=C(O)/C=C/C(=O)O. The zero-order valence-electron chi connectivity index (χ0n) is 18.3. The molecule has 0 radical (unpaired) electrons. The standard InChI is InChI=1S/C22H21ClN2S.C4H4O4/c23-17-10-11-22-20(15-17)25(19-8-4-5-9-21(19)26-22)13-12-18(24)14-16-6-2-1-3-7-16;5-3(6)1-2-4(7)8/h1-11,15,18H,12-14,24H2;1-2H,(H,5,6)(H,7,8)/b;2-1+. The predicted octanol–water partition coefficient (Wildman–Crippen LogP) is 5.61. The van der Waals surface area contributed by atoms with Gasteiger partial charge in [-0.3, -0.25) is 0 Å². The van der Waals surface area contributed by atoms with Crippen molar-refractivity contribution in [3.8, 4) is 0 Å². The molecule has 0 aromatic heterocycles. The van der Waals surface area contributed by atoms with E-state index < -0.39 is 11.9 Å². The van der Waals surface area contributed by atoms with Gasteiger partial charge in [0.05, 0.1) is 11.4 Å². The fourth-order valence-electron chi connectivity index (χ4n) is 3.50. The van der Waals surface area contributed by atoms with E-state index >= 15 is 0 Å². The zero-order valence-corrected chi connectivity index (χ0v) is 19.9. The molecule has 1 atom stereocenters. The quantitative estimate of drug-likeness (QED) is 0.365. The van der Waals surface area contributed by atoms with Crippen LogP contribution in [0.5, 0.6) is 0 Å². The molecule has 3 aromatic rings. The minimum absolute atomic E-state index is 0.127. The lowest BCUT2D eigenvalue weighted by molar-refractivity contribution is -0.134. The summed E-state index contributed by atoms with van der Waals surface area (Å²) in [6.07, 6.45) is 2.93. The Labute approximate surface area is 207 Å². The van der Waals surface area contributed by atoms with Crippen LogP contribution in [0.3, 0.4) is 0 Å². The summed E-state index contributed by atoms with van der Waals surface area (Å²) < 4.78 is 0. The average Bonchev–Trinajstić information content (AvgIpc) is 2.82. The van der Waals surface area contributed by atoms with Crippen molar-refractivity contribution in [1.82, 2.24) is 0 Å². The lowest BCUT2D eigenvalue weighted by Gasteiger charge is -2.33. The summed E-state index contributed by atoms with van der Waals surface area (Å²) in [5.74, 6) is -2.51. The van der Waals surface area contributed by atoms with Gasteiger partial charge in [0.2, 0.25) is 0 Å². The summed E-state index contributed by atoms with van der Waals surface area (Å²) in [6.45, 7) is 0.874. The maximum Gasteiger partial charge on any atom is 0.328 e. The molecule has 0 aliphatic carbocycles. The number of carboxylic acid groups (broad SMARTS) is 2. The van der Waals surface area contributed by atoms with Crippen LogP contribution >= 0.6 is 23.4 Å². The molecule has 176 valence electrons. The molecule has 4 N–H and O–H groups in total. The highest BCUT2D eigenvalue weighted by Crippen LogP contribution is 2.48. The van der Waals surface area contributed by atoms with E-state index in [0.29, 0.717) is 12.2 Å². The molecule has 3 aromatic carbocycles. The molecule has 0 saturated carbocycles. The van der Waals surface area contributed by atoms with Crippen LogP contribution in [-0.2, 0) is 16.0 Å². The number of carboxylic acids is 2. The largest absolute Gasteiger partial charge is 0.478 e. The number of benzene rings is 3. The molecule has 1 unspecified atom stereocenters. The maximum atomic E-state index is 9.55. The number of anilines is 2. The Balaban J connectivity index is 0.000000350. The molecule has 8 heteroatoms. The van der Waals surface area contributed by atoms with E-state index in [0.717, 1.165) is 24.4 Å². The number of halogens is 1. The molecule has 0 saturated heterocycles. The van der Waals surface area contributed by atoms with Crippen LogP contribution in [0.25, 0.3) is 0 Å².